The van der Waals surface area contributed by atoms with Crippen molar-refractivity contribution in [1.29, 1.82) is 0 Å². The number of hydrogen-bond acceptors (Lipinski definition) is 7. The van der Waals surface area contributed by atoms with E-state index in [2.05, 4.69) is 24.6 Å². The van der Waals surface area contributed by atoms with Gasteiger partial charge in [0.15, 0.2) is 5.82 Å². The molecule has 2 heterocycles. The molecule has 0 amide bonds. The van der Waals surface area contributed by atoms with Gasteiger partial charge in [-0.1, -0.05) is 13.0 Å². The topological polar surface area (TPSA) is 143 Å². The van der Waals surface area contributed by atoms with Crippen LogP contribution in [0, 0.1) is 17.5 Å². The second-order valence-corrected chi connectivity index (χ2v) is 10.2. The van der Waals surface area contributed by atoms with Crippen LogP contribution in [0.4, 0.5) is 13.2 Å². The van der Waals surface area contributed by atoms with Crippen molar-refractivity contribution in [3.8, 4) is 0 Å². The number of quaternary nitrogens is 1. The zero-order valence-corrected chi connectivity index (χ0v) is 21.1. The number of likely N-dealkylation sites (N-methyl/N-ethyl adjacent to an activating group) is 1. The summed E-state index contributed by atoms with van der Waals surface area (Å²) in [6.07, 6.45) is 4.66. The number of rotatable bonds is 9. The van der Waals surface area contributed by atoms with Crippen molar-refractivity contribution < 1.29 is 41.6 Å². The molecule has 0 saturated carbocycles. The molecule has 36 heavy (non-hydrogen) atoms. The van der Waals surface area contributed by atoms with Crippen LogP contribution in [-0.4, -0.2) is 78.4 Å². The second-order valence-electron chi connectivity index (χ2n) is 8.96. The molecule has 0 spiro atoms. The molecule has 1 aromatic carbocycles. The van der Waals surface area contributed by atoms with Gasteiger partial charge in [0.2, 0.25) is 0 Å². The Labute approximate surface area is 206 Å². The lowest BCUT2D eigenvalue weighted by Crippen LogP contribution is -2.39. The van der Waals surface area contributed by atoms with Crippen LogP contribution in [0.15, 0.2) is 43.4 Å². The maximum absolute atomic E-state index is 14.4. The van der Waals surface area contributed by atoms with Crippen LogP contribution in [0.3, 0.4) is 0 Å². The largest absolute Gasteiger partial charge is 0.469 e. The Morgan fingerprint density at radius 3 is 2.36 bits per heavy atom. The van der Waals surface area contributed by atoms with Crippen LogP contribution in [0.1, 0.15) is 24.1 Å². The summed E-state index contributed by atoms with van der Waals surface area (Å²) in [4.78, 5) is 27.8. The Morgan fingerprint density at radius 1 is 1.14 bits per heavy atom. The predicted octanol–water partition coefficient (Wildman–Crippen LogP) is 1.98. The average Bonchev–Trinajstić information content (AvgIpc) is 3.25. The molecule has 0 fully saturated rings. The molecule has 0 saturated heterocycles. The molecule has 11 nitrogen and oxygen atoms in total. The van der Waals surface area contributed by atoms with Crippen molar-refractivity contribution in [2.45, 2.75) is 25.0 Å². The molecule has 0 bridgehead atoms. The van der Waals surface area contributed by atoms with Gasteiger partial charge in [-0.3, -0.25) is 4.52 Å². The van der Waals surface area contributed by atoms with E-state index in [-0.39, 0.29) is 24.4 Å². The first kappa shape index (κ1) is 29.5. The van der Waals surface area contributed by atoms with Crippen LogP contribution in [0.25, 0.3) is 0 Å². The Bertz CT molecular complexity index is 1180. The molecular weight excluding hydrogens is 504 g/mol. The van der Waals surface area contributed by atoms with Crippen LogP contribution >= 0.6 is 7.82 Å². The summed E-state index contributed by atoms with van der Waals surface area (Å²) >= 11 is 0. The summed E-state index contributed by atoms with van der Waals surface area (Å²) in [5.74, 6) is -3.47. The van der Waals surface area contributed by atoms with Crippen molar-refractivity contribution >= 4 is 7.82 Å². The van der Waals surface area contributed by atoms with Crippen molar-refractivity contribution in [1.82, 2.24) is 24.7 Å². The maximum Gasteiger partial charge on any atom is 0.469 e. The molecule has 0 aliphatic carbocycles. The molecule has 0 aliphatic rings. The van der Waals surface area contributed by atoms with Gasteiger partial charge >= 0.3 is 7.82 Å². The molecule has 15 heteroatoms. The number of benzene rings is 1. The lowest BCUT2D eigenvalue weighted by molar-refractivity contribution is -0.870. The van der Waals surface area contributed by atoms with Crippen molar-refractivity contribution in [3.05, 3.63) is 72.1 Å². The Kier molecular flexibility index (Phi) is 9.83. The molecule has 2 atom stereocenters. The SMILES string of the molecule is CC(c1ncncc1F)C(O)(Cn1cncn1)c1ccc(F)cc1F.C[N+](C)(C)CCOP(=O)(O)O. The Balaban J connectivity index is 0.000000352. The first-order valence-electron chi connectivity index (χ1n) is 10.6. The van der Waals surface area contributed by atoms with Gasteiger partial charge in [-0.2, -0.15) is 5.10 Å². The Hall–Kier alpha value is -2.74. The minimum absolute atomic E-state index is 0.0772. The van der Waals surface area contributed by atoms with E-state index in [9.17, 15) is 22.8 Å². The molecule has 3 rings (SSSR count). The minimum Gasteiger partial charge on any atom is -0.382 e. The van der Waals surface area contributed by atoms with E-state index in [0.717, 1.165) is 24.7 Å². The van der Waals surface area contributed by atoms with E-state index in [4.69, 9.17) is 9.79 Å². The first-order valence-corrected chi connectivity index (χ1v) is 12.1. The van der Waals surface area contributed by atoms with Gasteiger partial charge < -0.3 is 19.4 Å². The summed E-state index contributed by atoms with van der Waals surface area (Å²) in [5.41, 5.74) is -2.25. The normalized spacial score (nSPS) is 14.5. The van der Waals surface area contributed by atoms with E-state index in [1.807, 2.05) is 21.1 Å². The fourth-order valence-corrected chi connectivity index (χ4v) is 3.48. The fraction of sp³-hybridized carbons (Fsp3) is 0.429. The number of halogens is 3. The summed E-state index contributed by atoms with van der Waals surface area (Å²) in [7, 11) is 1.50. The number of phosphoric acid groups is 1. The highest BCUT2D eigenvalue weighted by Crippen LogP contribution is 2.39. The predicted molar refractivity (Wildman–Crippen MR) is 122 cm³/mol. The third-order valence-electron chi connectivity index (χ3n) is 5.11. The molecule has 2 aromatic heterocycles. The molecule has 0 radical (unpaired) electrons. The molecular formula is C21H29F3N6O5P+. The van der Waals surface area contributed by atoms with Gasteiger partial charge in [-0.05, 0) is 6.07 Å². The zero-order chi connectivity index (χ0) is 27.1. The number of aliphatic hydroxyl groups is 1. The lowest BCUT2D eigenvalue weighted by atomic mass is 9.79. The first-order chi connectivity index (χ1) is 16.6. The maximum atomic E-state index is 14.4. The zero-order valence-electron chi connectivity index (χ0n) is 20.2. The van der Waals surface area contributed by atoms with Crippen molar-refractivity contribution in [2.75, 3.05) is 34.3 Å². The van der Waals surface area contributed by atoms with Gasteiger partial charge in [-0.15, -0.1) is 0 Å². The summed E-state index contributed by atoms with van der Waals surface area (Å²) in [6, 6.07) is 2.80. The Morgan fingerprint density at radius 2 is 1.83 bits per heavy atom. The standard InChI is InChI=1S/C16H14F3N5O.C5H14NO4P/c1-10(15-14(19)5-20-7-22-15)16(25,6-24-9-21-8-23-24)12-3-2-11(17)4-13(12)18;1-6(2,3)4-5-10-11(7,8)9/h2-5,7-10,25H,6H2,1H3;4-5H2,1-3H3,(H-,7,8,9)/p+1. The summed E-state index contributed by atoms with van der Waals surface area (Å²) in [5, 5.41) is 15.2. The highest BCUT2D eigenvalue weighted by Gasteiger charge is 2.41. The smallest absolute Gasteiger partial charge is 0.382 e. The average molecular weight is 533 g/mol. The number of nitrogens with zero attached hydrogens (tertiary/aromatic N) is 6. The number of phosphoric ester groups is 1. The minimum atomic E-state index is -4.26. The molecule has 0 aliphatic heterocycles. The summed E-state index contributed by atoms with van der Waals surface area (Å²) < 4.78 is 58.1. The third-order valence-corrected chi connectivity index (χ3v) is 5.63. The van der Waals surface area contributed by atoms with Crippen molar-refractivity contribution in [2.24, 2.45) is 0 Å². The van der Waals surface area contributed by atoms with Gasteiger partial charge in [-0.25, -0.2) is 37.4 Å². The number of aromatic nitrogens is 5. The van der Waals surface area contributed by atoms with Gasteiger partial charge in [0.05, 0.1) is 39.6 Å². The molecule has 2 unspecified atom stereocenters. The van der Waals surface area contributed by atoms with Crippen LogP contribution in [0.5, 0.6) is 0 Å². The van der Waals surface area contributed by atoms with Crippen LogP contribution < -0.4 is 0 Å². The van der Waals surface area contributed by atoms with E-state index in [0.29, 0.717) is 17.1 Å². The quantitative estimate of drug-likeness (QED) is 0.278. The molecule has 198 valence electrons. The van der Waals surface area contributed by atoms with Crippen LogP contribution in [-0.2, 0) is 21.2 Å². The fourth-order valence-electron chi connectivity index (χ4n) is 3.16. The van der Waals surface area contributed by atoms with Gasteiger partial charge in [0.25, 0.3) is 0 Å². The van der Waals surface area contributed by atoms with Gasteiger partial charge in [0.1, 0.15) is 49.4 Å². The third kappa shape index (κ3) is 8.73. The van der Waals surface area contributed by atoms with Crippen molar-refractivity contribution in [3.63, 3.8) is 0 Å². The second kappa shape index (κ2) is 12.0. The highest BCUT2D eigenvalue weighted by molar-refractivity contribution is 7.46. The van der Waals surface area contributed by atoms with Gasteiger partial charge in [0, 0.05) is 17.5 Å². The van der Waals surface area contributed by atoms with E-state index < -0.39 is 36.8 Å². The van der Waals surface area contributed by atoms with Crippen LogP contribution in [0.2, 0.25) is 0 Å². The van der Waals surface area contributed by atoms with E-state index >= 15 is 0 Å². The highest BCUT2D eigenvalue weighted by atomic mass is 31.2. The monoisotopic (exact) mass is 533 g/mol. The molecule has 3 N–H and O–H groups in total. The number of hydrogen-bond donors (Lipinski definition) is 3. The summed E-state index contributed by atoms with van der Waals surface area (Å²) in [6.45, 7) is 1.91. The molecule has 3 aromatic rings. The van der Waals surface area contributed by atoms with E-state index in [1.54, 1.807) is 0 Å². The lowest BCUT2D eigenvalue weighted by Gasteiger charge is -2.34. The van der Waals surface area contributed by atoms with E-state index in [1.165, 1.54) is 24.3 Å².